The van der Waals surface area contributed by atoms with Crippen LogP contribution in [0.2, 0.25) is 0 Å². The lowest BCUT2D eigenvalue weighted by atomic mass is 9.99. The van der Waals surface area contributed by atoms with Crippen LogP contribution in [0.15, 0.2) is 42.5 Å². The molecule has 0 aliphatic rings. The molecule has 0 aliphatic carbocycles. The molecule has 0 bridgehead atoms. The molecule has 0 aliphatic heterocycles. The molecule has 0 heterocycles. The number of rotatable bonds is 6. The van der Waals surface area contributed by atoms with Crippen molar-refractivity contribution in [3.05, 3.63) is 59.2 Å². The Kier molecular flexibility index (Phi) is 6.84. The third-order valence-electron chi connectivity index (χ3n) is 3.78. The number of aliphatic carboxylic acids is 1. The van der Waals surface area contributed by atoms with Gasteiger partial charge in [-0.2, -0.15) is 0 Å². The van der Waals surface area contributed by atoms with Crippen molar-refractivity contribution in [2.24, 2.45) is 0 Å². The number of anilines is 1. The first-order valence-electron chi connectivity index (χ1n) is 8.97. The van der Waals surface area contributed by atoms with E-state index >= 15 is 0 Å². The average molecular weight is 413 g/mol. The molecule has 0 aromatic heterocycles. The molecular weight excluding hydrogens is 390 g/mol. The summed E-state index contributed by atoms with van der Waals surface area (Å²) in [5, 5.41) is 21.4. The Balaban J connectivity index is 2.34. The first kappa shape index (κ1) is 22.5. The fourth-order valence-corrected chi connectivity index (χ4v) is 2.53. The number of carboxylic acids is 1. The summed E-state index contributed by atoms with van der Waals surface area (Å²) in [5.74, 6) is -1.71. The summed E-state index contributed by atoms with van der Waals surface area (Å²) in [6.45, 7) is 5.17. The fraction of sp³-hybridized carbons (Fsp3) is 0.227. The lowest BCUT2D eigenvalue weighted by Crippen LogP contribution is -2.27. The Bertz CT molecular complexity index is 1000. The van der Waals surface area contributed by atoms with Gasteiger partial charge in [-0.1, -0.05) is 6.07 Å². The molecule has 2 rings (SSSR count). The average Bonchev–Trinajstić information content (AvgIpc) is 2.65. The number of nitrogens with one attached hydrogen (secondary N) is 1. The SMILES string of the molecule is COc1cc(/C=C/C(=O)O)ccc1C(=O)c1cc(NC(=O)OC(C)(C)C)ccc1O. The third kappa shape index (κ3) is 6.10. The van der Waals surface area contributed by atoms with Crippen LogP contribution in [0, 0.1) is 0 Å². The smallest absolute Gasteiger partial charge is 0.412 e. The van der Waals surface area contributed by atoms with E-state index in [1.807, 2.05) is 0 Å². The van der Waals surface area contributed by atoms with Gasteiger partial charge >= 0.3 is 12.1 Å². The number of phenolic OH excluding ortho intramolecular Hbond substituents is 1. The van der Waals surface area contributed by atoms with Gasteiger partial charge in [-0.15, -0.1) is 0 Å². The van der Waals surface area contributed by atoms with Crippen LogP contribution in [-0.4, -0.2) is 40.8 Å². The molecule has 0 saturated heterocycles. The standard InChI is InChI=1S/C22H23NO7/c1-22(2,3)30-21(28)23-14-7-9-17(24)16(12-14)20(27)15-8-5-13(6-10-19(25)26)11-18(15)29-4/h5-12,24H,1-4H3,(H,23,28)(H,25,26)/b10-6+. The van der Waals surface area contributed by atoms with Gasteiger partial charge in [0, 0.05) is 11.8 Å². The van der Waals surface area contributed by atoms with Crippen molar-refractivity contribution >= 4 is 29.6 Å². The summed E-state index contributed by atoms with van der Waals surface area (Å²) >= 11 is 0. The molecule has 8 nitrogen and oxygen atoms in total. The van der Waals surface area contributed by atoms with Crippen LogP contribution >= 0.6 is 0 Å². The van der Waals surface area contributed by atoms with E-state index in [2.05, 4.69) is 5.32 Å². The van der Waals surface area contributed by atoms with Crippen LogP contribution in [0.4, 0.5) is 10.5 Å². The molecule has 0 radical (unpaired) electrons. The van der Waals surface area contributed by atoms with Crippen molar-refractivity contribution in [1.29, 1.82) is 0 Å². The Hall–Kier alpha value is -3.81. The molecule has 1 amide bonds. The van der Waals surface area contributed by atoms with Gasteiger partial charge in [0.15, 0.2) is 0 Å². The Morgan fingerprint density at radius 2 is 1.73 bits per heavy atom. The number of carbonyl (C=O) groups is 3. The highest BCUT2D eigenvalue weighted by atomic mass is 16.6. The number of hydrogen-bond donors (Lipinski definition) is 3. The molecule has 2 aromatic carbocycles. The molecule has 2 aromatic rings. The number of carbonyl (C=O) groups excluding carboxylic acids is 2. The van der Waals surface area contributed by atoms with Crippen molar-refractivity contribution in [1.82, 2.24) is 0 Å². The van der Waals surface area contributed by atoms with Crippen molar-refractivity contribution in [3.63, 3.8) is 0 Å². The van der Waals surface area contributed by atoms with Gasteiger partial charge in [0.05, 0.1) is 18.2 Å². The quantitative estimate of drug-likeness (QED) is 0.370. The van der Waals surface area contributed by atoms with E-state index in [1.54, 1.807) is 26.8 Å². The van der Waals surface area contributed by atoms with Gasteiger partial charge in [0.1, 0.15) is 17.1 Å². The topological polar surface area (TPSA) is 122 Å². The molecule has 0 fully saturated rings. The molecule has 158 valence electrons. The minimum absolute atomic E-state index is 0.0457. The third-order valence-corrected chi connectivity index (χ3v) is 3.78. The number of phenols is 1. The largest absolute Gasteiger partial charge is 0.507 e. The van der Waals surface area contributed by atoms with Gasteiger partial charge in [-0.05, 0) is 62.7 Å². The van der Waals surface area contributed by atoms with Gasteiger partial charge in [0.2, 0.25) is 5.78 Å². The number of ether oxygens (including phenoxy) is 2. The van der Waals surface area contributed by atoms with E-state index in [4.69, 9.17) is 14.6 Å². The Morgan fingerprint density at radius 3 is 2.33 bits per heavy atom. The second kappa shape index (κ2) is 9.13. The predicted molar refractivity (Wildman–Crippen MR) is 111 cm³/mol. The van der Waals surface area contributed by atoms with E-state index in [9.17, 15) is 19.5 Å². The molecule has 8 heteroatoms. The number of benzene rings is 2. The van der Waals surface area contributed by atoms with Crippen LogP contribution in [0.25, 0.3) is 6.08 Å². The molecule has 0 unspecified atom stereocenters. The minimum Gasteiger partial charge on any atom is -0.507 e. The maximum atomic E-state index is 13.0. The highest BCUT2D eigenvalue weighted by Gasteiger charge is 2.20. The predicted octanol–water partition coefficient (Wildman–Crippen LogP) is 4.08. The second-order valence-corrected chi connectivity index (χ2v) is 7.32. The van der Waals surface area contributed by atoms with Crippen molar-refractivity contribution in [3.8, 4) is 11.5 Å². The van der Waals surface area contributed by atoms with Crippen LogP contribution in [0.1, 0.15) is 42.3 Å². The second-order valence-electron chi connectivity index (χ2n) is 7.32. The van der Waals surface area contributed by atoms with E-state index in [0.29, 0.717) is 5.56 Å². The van der Waals surface area contributed by atoms with Crippen LogP contribution in [0.3, 0.4) is 0 Å². The summed E-state index contributed by atoms with van der Waals surface area (Å²) < 4.78 is 10.4. The number of methoxy groups -OCH3 is 1. The minimum atomic E-state index is -1.10. The first-order chi connectivity index (χ1) is 14.0. The van der Waals surface area contributed by atoms with Crippen LogP contribution < -0.4 is 10.1 Å². The van der Waals surface area contributed by atoms with E-state index < -0.39 is 23.4 Å². The fourth-order valence-electron chi connectivity index (χ4n) is 2.53. The van der Waals surface area contributed by atoms with Gasteiger partial charge in [0.25, 0.3) is 0 Å². The zero-order chi connectivity index (χ0) is 22.5. The number of ketones is 1. The Morgan fingerprint density at radius 1 is 1.03 bits per heavy atom. The number of aromatic hydroxyl groups is 1. The van der Waals surface area contributed by atoms with Gasteiger partial charge < -0.3 is 19.7 Å². The molecule has 0 atom stereocenters. The summed E-state index contributed by atoms with van der Waals surface area (Å²) in [5.41, 5.74) is 0.218. The van der Waals surface area contributed by atoms with Crippen molar-refractivity contribution in [2.75, 3.05) is 12.4 Å². The molecule has 3 N–H and O–H groups in total. The maximum absolute atomic E-state index is 13.0. The number of carboxylic acid groups (broad SMARTS) is 1. The van der Waals surface area contributed by atoms with E-state index in [1.165, 1.54) is 43.5 Å². The van der Waals surface area contributed by atoms with Crippen molar-refractivity contribution < 1.29 is 34.1 Å². The summed E-state index contributed by atoms with van der Waals surface area (Å²) in [6, 6.07) is 8.58. The Labute approximate surface area is 173 Å². The van der Waals surface area contributed by atoms with E-state index in [-0.39, 0.29) is 28.3 Å². The highest BCUT2D eigenvalue weighted by molar-refractivity contribution is 6.13. The van der Waals surface area contributed by atoms with Crippen molar-refractivity contribution in [2.45, 2.75) is 26.4 Å². The lowest BCUT2D eigenvalue weighted by molar-refractivity contribution is -0.131. The summed E-state index contributed by atoms with van der Waals surface area (Å²) in [4.78, 5) is 35.6. The summed E-state index contributed by atoms with van der Waals surface area (Å²) in [7, 11) is 1.37. The van der Waals surface area contributed by atoms with Gasteiger partial charge in [-0.25, -0.2) is 9.59 Å². The molecule has 0 spiro atoms. The van der Waals surface area contributed by atoms with Gasteiger partial charge in [-0.3, -0.25) is 10.1 Å². The molecular formula is C22H23NO7. The monoisotopic (exact) mass is 413 g/mol. The highest BCUT2D eigenvalue weighted by Crippen LogP contribution is 2.29. The molecule has 30 heavy (non-hydrogen) atoms. The normalized spacial score (nSPS) is 11.2. The zero-order valence-electron chi connectivity index (χ0n) is 17.1. The lowest BCUT2D eigenvalue weighted by Gasteiger charge is -2.20. The summed E-state index contributed by atoms with van der Waals surface area (Å²) in [6.07, 6.45) is 1.63. The van der Waals surface area contributed by atoms with E-state index in [0.717, 1.165) is 6.08 Å². The van der Waals surface area contributed by atoms with Crippen LogP contribution in [0.5, 0.6) is 11.5 Å². The molecule has 0 saturated carbocycles. The zero-order valence-corrected chi connectivity index (χ0v) is 17.1. The number of hydrogen-bond acceptors (Lipinski definition) is 6. The first-order valence-corrected chi connectivity index (χ1v) is 8.97. The maximum Gasteiger partial charge on any atom is 0.412 e. The van der Waals surface area contributed by atoms with Crippen LogP contribution in [-0.2, 0) is 9.53 Å². The number of amides is 1.